The number of fused-ring (bicyclic) bond motifs is 3. The van der Waals surface area contributed by atoms with Crippen molar-refractivity contribution >= 4 is 16.9 Å². The molecule has 0 unspecified atom stereocenters. The number of aromatic nitrogens is 5. The van der Waals surface area contributed by atoms with Gasteiger partial charge in [0.2, 0.25) is 5.78 Å². The van der Waals surface area contributed by atoms with Crippen LogP contribution in [0.3, 0.4) is 0 Å². The van der Waals surface area contributed by atoms with Crippen molar-refractivity contribution in [3.05, 3.63) is 45.4 Å². The maximum atomic E-state index is 12.8. The van der Waals surface area contributed by atoms with Crippen LogP contribution in [-0.2, 0) is 20.1 Å². The number of allylic oxidation sites excluding steroid dienone is 1. The van der Waals surface area contributed by atoms with E-state index in [-0.39, 0.29) is 11.2 Å². The minimum Gasteiger partial charge on any atom is -0.310 e. The molecule has 7 heteroatoms. The van der Waals surface area contributed by atoms with Gasteiger partial charge in [0.25, 0.3) is 5.56 Å². The summed E-state index contributed by atoms with van der Waals surface area (Å²) in [6.07, 6.45) is 5.37. The van der Waals surface area contributed by atoms with Crippen LogP contribution in [-0.4, -0.2) is 23.1 Å². The zero-order valence-electron chi connectivity index (χ0n) is 13.7. The molecular weight excluding hydrogens is 294 g/mol. The molecule has 0 saturated carbocycles. The van der Waals surface area contributed by atoms with Gasteiger partial charge in [0.1, 0.15) is 0 Å². The maximum Gasteiger partial charge on any atom is 0.332 e. The largest absolute Gasteiger partial charge is 0.332 e. The summed E-state index contributed by atoms with van der Waals surface area (Å²) in [5, 5.41) is 0. The highest BCUT2D eigenvalue weighted by Gasteiger charge is 2.19. The van der Waals surface area contributed by atoms with Crippen LogP contribution >= 0.6 is 0 Å². The molecule has 0 aliphatic rings. The molecule has 0 aromatic carbocycles. The first kappa shape index (κ1) is 15.3. The second kappa shape index (κ2) is 5.57. The van der Waals surface area contributed by atoms with E-state index in [1.54, 1.807) is 17.5 Å². The van der Waals surface area contributed by atoms with Crippen molar-refractivity contribution in [3.63, 3.8) is 0 Å². The van der Waals surface area contributed by atoms with Gasteiger partial charge >= 0.3 is 5.69 Å². The molecule has 0 N–H and O–H groups in total. The zero-order valence-corrected chi connectivity index (χ0v) is 13.7. The van der Waals surface area contributed by atoms with Crippen molar-refractivity contribution in [2.75, 3.05) is 0 Å². The number of nitrogens with zero attached hydrogens (tertiary/aromatic N) is 5. The van der Waals surface area contributed by atoms with Gasteiger partial charge in [-0.3, -0.25) is 18.3 Å². The van der Waals surface area contributed by atoms with Crippen molar-refractivity contribution in [1.82, 2.24) is 23.1 Å². The zero-order chi connectivity index (χ0) is 16.7. The molecule has 0 radical (unpaired) electrons. The van der Waals surface area contributed by atoms with E-state index in [0.29, 0.717) is 30.0 Å². The summed E-state index contributed by atoms with van der Waals surface area (Å²) in [6.45, 7) is 8.78. The predicted molar refractivity (Wildman–Crippen MR) is 90.0 cm³/mol. The van der Waals surface area contributed by atoms with E-state index in [1.807, 2.05) is 24.6 Å². The number of hydrogen-bond acceptors (Lipinski definition) is 3. The molecular formula is C16H21N5O2. The Morgan fingerprint density at radius 3 is 2.70 bits per heavy atom. The summed E-state index contributed by atoms with van der Waals surface area (Å²) >= 11 is 0. The summed E-state index contributed by atoms with van der Waals surface area (Å²) in [5.41, 5.74) is 1.26. The van der Waals surface area contributed by atoms with Gasteiger partial charge in [-0.15, -0.1) is 6.58 Å². The van der Waals surface area contributed by atoms with Crippen molar-refractivity contribution in [3.8, 4) is 0 Å². The molecule has 0 bridgehead atoms. The molecule has 0 fully saturated rings. The maximum absolute atomic E-state index is 12.8. The Morgan fingerprint density at radius 2 is 2.04 bits per heavy atom. The normalized spacial score (nSPS) is 11.6. The topological polar surface area (TPSA) is 66.2 Å². The molecule has 7 nitrogen and oxygen atoms in total. The average Bonchev–Trinajstić information content (AvgIpc) is 3.02. The number of hydrogen-bond donors (Lipinski definition) is 0. The number of imidazole rings is 2. The van der Waals surface area contributed by atoms with Crippen molar-refractivity contribution in [2.45, 2.75) is 39.8 Å². The highest BCUT2D eigenvalue weighted by Crippen LogP contribution is 2.16. The van der Waals surface area contributed by atoms with Gasteiger partial charge in [0, 0.05) is 32.0 Å². The lowest BCUT2D eigenvalue weighted by Crippen LogP contribution is -2.39. The molecule has 0 saturated heterocycles. The van der Waals surface area contributed by atoms with Crippen LogP contribution in [0, 0.1) is 6.92 Å². The lowest BCUT2D eigenvalue weighted by Gasteiger charge is -2.07. The highest BCUT2D eigenvalue weighted by atomic mass is 16.2. The molecule has 0 spiro atoms. The molecule has 3 aromatic rings. The lowest BCUT2D eigenvalue weighted by molar-refractivity contribution is 0.566. The molecule has 3 aromatic heterocycles. The Labute approximate surface area is 133 Å². The molecule has 0 aliphatic carbocycles. The van der Waals surface area contributed by atoms with Gasteiger partial charge in [0.15, 0.2) is 11.2 Å². The van der Waals surface area contributed by atoms with Crippen LogP contribution in [0.2, 0.25) is 0 Å². The summed E-state index contributed by atoms with van der Waals surface area (Å²) in [5.74, 6) is 0.651. The number of aryl methyl sites for hydroxylation is 2. The molecule has 3 heterocycles. The quantitative estimate of drug-likeness (QED) is 0.669. The van der Waals surface area contributed by atoms with Gasteiger partial charge in [-0.2, -0.15) is 4.98 Å². The minimum absolute atomic E-state index is 0.278. The van der Waals surface area contributed by atoms with Crippen LogP contribution in [0.4, 0.5) is 0 Å². The summed E-state index contributed by atoms with van der Waals surface area (Å²) in [7, 11) is 1.66. The Bertz CT molecular complexity index is 1020. The summed E-state index contributed by atoms with van der Waals surface area (Å²) in [6, 6.07) is 0. The Morgan fingerprint density at radius 1 is 1.30 bits per heavy atom. The van der Waals surface area contributed by atoms with Crippen molar-refractivity contribution in [1.29, 1.82) is 0 Å². The van der Waals surface area contributed by atoms with Crippen molar-refractivity contribution < 1.29 is 0 Å². The second-order valence-electron chi connectivity index (χ2n) is 5.78. The molecule has 23 heavy (non-hydrogen) atoms. The first-order valence-electron chi connectivity index (χ1n) is 7.79. The smallest absolute Gasteiger partial charge is 0.310 e. The van der Waals surface area contributed by atoms with E-state index in [4.69, 9.17) is 0 Å². The standard InChI is InChI=1S/C16H21N5O2/c1-5-7-9-20-14(22)12-13(18(4)16(20)23)17-15-19(8-6-2)11(3)10-21(12)15/h6,10H,2,5,7-9H2,1,3-4H3. The molecule has 0 atom stereocenters. The van der Waals surface area contributed by atoms with E-state index in [1.165, 1.54) is 9.13 Å². The summed E-state index contributed by atoms with van der Waals surface area (Å²) < 4.78 is 6.50. The molecule has 3 rings (SSSR count). The van der Waals surface area contributed by atoms with E-state index >= 15 is 0 Å². The fraction of sp³-hybridized carbons (Fsp3) is 0.438. The lowest BCUT2D eigenvalue weighted by atomic mass is 10.3. The van der Waals surface area contributed by atoms with Crippen molar-refractivity contribution in [2.24, 2.45) is 7.05 Å². The fourth-order valence-corrected chi connectivity index (χ4v) is 2.92. The van der Waals surface area contributed by atoms with Gasteiger partial charge in [-0.1, -0.05) is 19.4 Å². The summed E-state index contributed by atoms with van der Waals surface area (Å²) in [4.78, 5) is 29.8. The van der Waals surface area contributed by atoms with Gasteiger partial charge < -0.3 is 4.57 Å². The Kier molecular flexibility index (Phi) is 3.71. The third-order valence-electron chi connectivity index (χ3n) is 4.19. The van der Waals surface area contributed by atoms with E-state index in [9.17, 15) is 9.59 Å². The van der Waals surface area contributed by atoms with E-state index < -0.39 is 0 Å². The SMILES string of the molecule is C=CCn1c(C)cn2c3c(=O)n(CCCC)c(=O)n(C)c3nc12. The van der Waals surface area contributed by atoms with Crippen LogP contribution in [0.25, 0.3) is 16.9 Å². The molecule has 122 valence electrons. The third kappa shape index (κ3) is 2.15. The van der Waals surface area contributed by atoms with Gasteiger partial charge in [0.05, 0.1) is 0 Å². The van der Waals surface area contributed by atoms with Crippen LogP contribution in [0.1, 0.15) is 25.5 Å². The fourth-order valence-electron chi connectivity index (χ4n) is 2.92. The minimum atomic E-state index is -0.316. The third-order valence-corrected chi connectivity index (χ3v) is 4.19. The van der Waals surface area contributed by atoms with Crippen LogP contribution < -0.4 is 11.2 Å². The second-order valence-corrected chi connectivity index (χ2v) is 5.78. The van der Waals surface area contributed by atoms with Crippen LogP contribution in [0.15, 0.2) is 28.4 Å². The first-order chi connectivity index (χ1) is 11.0. The highest BCUT2D eigenvalue weighted by molar-refractivity contribution is 5.75. The number of unbranched alkanes of at least 4 members (excludes halogenated alkanes) is 1. The van der Waals surface area contributed by atoms with Crippen LogP contribution in [0.5, 0.6) is 0 Å². The Balaban J connectivity index is 2.42. The Hall–Kier alpha value is -2.57. The molecule has 0 amide bonds. The number of rotatable bonds is 5. The van der Waals surface area contributed by atoms with Gasteiger partial charge in [-0.25, -0.2) is 4.79 Å². The predicted octanol–water partition coefficient (Wildman–Crippen LogP) is 1.44. The average molecular weight is 315 g/mol. The monoisotopic (exact) mass is 315 g/mol. The van der Waals surface area contributed by atoms with E-state index in [0.717, 1.165) is 18.5 Å². The van der Waals surface area contributed by atoms with E-state index in [2.05, 4.69) is 11.6 Å². The van der Waals surface area contributed by atoms with Gasteiger partial charge in [-0.05, 0) is 13.3 Å². The molecule has 0 aliphatic heterocycles. The first-order valence-corrected chi connectivity index (χ1v) is 7.79.